The Morgan fingerprint density at radius 3 is 0.538 bits per heavy atom. The van der Waals surface area contributed by atoms with Gasteiger partial charge in [-0.1, -0.05) is 152 Å². The predicted molar refractivity (Wildman–Crippen MR) is 113 cm³/mol. The van der Waals surface area contributed by atoms with Crippen molar-refractivity contribution in [1.82, 2.24) is 0 Å². The first kappa shape index (κ1) is 20.7. The third-order valence-electron chi connectivity index (χ3n) is 2.83. The quantitative estimate of drug-likeness (QED) is 0.473. The minimum atomic E-state index is 1.88. The van der Waals surface area contributed by atoms with Gasteiger partial charge in [0.1, 0.15) is 0 Å². The van der Waals surface area contributed by atoms with Crippen LogP contribution < -0.4 is 0 Å². The Morgan fingerprint density at radius 1 is 0.192 bits per heavy atom. The van der Waals surface area contributed by atoms with Gasteiger partial charge in [-0.2, -0.15) is 0 Å². The van der Waals surface area contributed by atoms with E-state index < -0.39 is 0 Å². The first-order chi connectivity index (χ1) is 13.0. The van der Waals surface area contributed by atoms with Crippen LogP contribution in [0.25, 0.3) is 0 Å². The molecule has 0 bridgehead atoms. The zero-order valence-corrected chi connectivity index (χ0v) is 14.9. The molecule has 0 N–H and O–H groups in total. The molecule has 0 atom stereocenters. The second-order valence-corrected chi connectivity index (χ2v) is 4.93. The van der Waals surface area contributed by atoms with Gasteiger partial charge < -0.3 is 0 Å². The molecular formula is C26H25. The zero-order valence-electron chi connectivity index (χ0n) is 14.9. The summed E-state index contributed by atoms with van der Waals surface area (Å²) in [6.45, 7) is 0. The van der Waals surface area contributed by atoms with E-state index in [1.807, 2.05) is 152 Å². The van der Waals surface area contributed by atoms with Crippen LogP contribution >= 0.6 is 0 Å². The van der Waals surface area contributed by atoms with Gasteiger partial charge in [-0.25, -0.2) is 0 Å². The van der Waals surface area contributed by atoms with Crippen molar-refractivity contribution in [1.29, 1.82) is 0 Å². The Balaban J connectivity index is 3.00. The highest BCUT2D eigenvalue weighted by Crippen LogP contribution is 1.81. The molecule has 0 spiro atoms. The summed E-state index contributed by atoms with van der Waals surface area (Å²) in [6, 6.07) is 52.5. The maximum atomic E-state index is 3.07. The number of rotatable bonds is 0. The monoisotopic (exact) mass is 337 g/mol. The molecule has 0 nitrogen and oxygen atoms in total. The van der Waals surface area contributed by atoms with Crippen molar-refractivity contribution in [3.05, 3.63) is 158 Å². The number of hydrogen-bond acceptors (Lipinski definition) is 0. The van der Waals surface area contributed by atoms with E-state index >= 15 is 0 Å². The predicted octanol–water partition coefficient (Wildman–Crippen LogP) is 7.11. The van der Waals surface area contributed by atoms with Crippen LogP contribution in [0, 0.1) is 6.07 Å². The van der Waals surface area contributed by atoms with Gasteiger partial charge in [0.25, 0.3) is 0 Å². The summed E-state index contributed by atoms with van der Waals surface area (Å²) < 4.78 is 0. The van der Waals surface area contributed by atoms with Gasteiger partial charge in [-0.05, 0) is 6.07 Å². The Hall–Kier alpha value is -3.38. The van der Waals surface area contributed by atoms with Crippen LogP contribution in [0.4, 0.5) is 0 Å². The summed E-state index contributed by atoms with van der Waals surface area (Å²) in [4.78, 5) is 0. The molecule has 0 unspecified atom stereocenters. The Bertz CT molecular complexity index is 456. The molecule has 129 valence electrons. The van der Waals surface area contributed by atoms with E-state index in [1.54, 1.807) is 0 Å². The standard InChI is InChI=1S/C26H25/c1-2-4-6-8-10-12-14-16-18-20-22-24-26-25-23-21-19-17-15-13-11-9-7-5-3-1/h1-25H. The maximum absolute atomic E-state index is 3.07. The molecule has 1 radical (unpaired) electrons. The van der Waals surface area contributed by atoms with Crippen molar-refractivity contribution in [2.45, 2.75) is 0 Å². The first-order valence-electron chi connectivity index (χ1n) is 8.58. The van der Waals surface area contributed by atoms with E-state index in [9.17, 15) is 0 Å². The Kier molecular flexibility index (Phi) is 14.3. The van der Waals surface area contributed by atoms with Crippen LogP contribution in [0.2, 0.25) is 0 Å². The average Bonchev–Trinajstić information content (AvgIpc) is 2.65. The Morgan fingerprint density at radius 2 is 0.346 bits per heavy atom. The lowest BCUT2D eigenvalue weighted by atomic mass is 10.4. The molecular weight excluding hydrogens is 312 g/mol. The molecule has 1 aromatic rings. The van der Waals surface area contributed by atoms with Crippen LogP contribution in [0.5, 0.6) is 0 Å². The lowest BCUT2D eigenvalue weighted by molar-refractivity contribution is 1.71. The van der Waals surface area contributed by atoms with E-state index in [0.29, 0.717) is 0 Å². The number of hydrogen-bond donors (Lipinski definition) is 0. The summed E-state index contributed by atoms with van der Waals surface area (Å²) in [6.07, 6.45) is 0. The summed E-state index contributed by atoms with van der Waals surface area (Å²) in [5.41, 5.74) is 0. The van der Waals surface area contributed by atoms with Gasteiger partial charge in [0.15, 0.2) is 0 Å². The van der Waals surface area contributed by atoms with E-state index in [0.717, 1.165) is 0 Å². The van der Waals surface area contributed by atoms with Gasteiger partial charge in [0.05, 0.1) is 0 Å². The summed E-state index contributed by atoms with van der Waals surface area (Å²) in [5, 5.41) is 0. The van der Waals surface area contributed by atoms with Crippen LogP contribution in [0.3, 0.4) is 0 Å². The fourth-order valence-corrected chi connectivity index (χ4v) is 1.62. The largest absolute Gasteiger partial charge is 0.0623 e. The third-order valence-corrected chi connectivity index (χ3v) is 2.83. The third kappa shape index (κ3) is 15.5. The van der Waals surface area contributed by atoms with Crippen LogP contribution in [-0.2, 0) is 0 Å². The van der Waals surface area contributed by atoms with E-state index in [4.69, 9.17) is 0 Å². The normalized spacial score (nSPS) is 8.00. The van der Waals surface area contributed by atoms with Crippen molar-refractivity contribution in [3.8, 4) is 0 Å². The van der Waals surface area contributed by atoms with Gasteiger partial charge in [-0.15, -0.1) is 0 Å². The van der Waals surface area contributed by atoms with Crippen molar-refractivity contribution < 1.29 is 0 Å². The summed E-state index contributed by atoms with van der Waals surface area (Å²) >= 11 is 0. The van der Waals surface area contributed by atoms with E-state index in [2.05, 4.69) is 6.07 Å². The molecule has 0 fully saturated rings. The van der Waals surface area contributed by atoms with Gasteiger partial charge in [0, 0.05) is 0 Å². The molecule has 0 aromatic heterocycles. The highest BCUT2D eigenvalue weighted by atomic mass is 13.7. The Labute approximate surface area is 158 Å². The topological polar surface area (TPSA) is 0 Å². The molecule has 1 aromatic carbocycles. The molecule has 0 saturated carbocycles. The molecule has 0 aliphatic heterocycles. The average molecular weight is 337 g/mol. The molecule has 0 heterocycles. The minimum absolute atomic E-state index is 1.88. The lowest BCUT2D eigenvalue weighted by Gasteiger charge is -1.69. The van der Waals surface area contributed by atoms with Crippen LogP contribution in [0.1, 0.15) is 0 Å². The SMILES string of the molecule is [c]1ccccccccccccccccccccccccc1. The van der Waals surface area contributed by atoms with E-state index in [-0.39, 0.29) is 0 Å². The van der Waals surface area contributed by atoms with Gasteiger partial charge in [0.2, 0.25) is 0 Å². The fourth-order valence-electron chi connectivity index (χ4n) is 1.62. The van der Waals surface area contributed by atoms with Crippen molar-refractivity contribution >= 4 is 0 Å². The van der Waals surface area contributed by atoms with Crippen molar-refractivity contribution in [2.75, 3.05) is 0 Å². The van der Waals surface area contributed by atoms with Crippen LogP contribution in [-0.4, -0.2) is 0 Å². The van der Waals surface area contributed by atoms with Gasteiger partial charge in [-0.3, -0.25) is 0 Å². The lowest BCUT2D eigenvalue weighted by Crippen LogP contribution is -1.48. The smallest absolute Gasteiger partial charge is 0.0184 e. The summed E-state index contributed by atoms with van der Waals surface area (Å²) in [7, 11) is 0. The zero-order chi connectivity index (χ0) is 18.4. The van der Waals surface area contributed by atoms with Gasteiger partial charge >= 0.3 is 0 Å². The highest BCUT2D eigenvalue weighted by Gasteiger charge is 1.60. The van der Waals surface area contributed by atoms with Crippen LogP contribution in [0.15, 0.2) is 152 Å². The second kappa shape index (κ2) is 18.0. The molecule has 1 rings (SSSR count). The highest BCUT2D eigenvalue weighted by molar-refractivity contribution is 5.00. The molecule has 26 heavy (non-hydrogen) atoms. The molecule has 0 saturated heterocycles. The molecule has 0 aliphatic carbocycles. The first-order valence-corrected chi connectivity index (χ1v) is 8.58. The molecule has 0 aliphatic rings. The van der Waals surface area contributed by atoms with E-state index in [1.165, 1.54) is 0 Å². The maximum Gasteiger partial charge on any atom is -0.0184 e. The van der Waals surface area contributed by atoms with Crippen molar-refractivity contribution in [3.63, 3.8) is 0 Å². The van der Waals surface area contributed by atoms with Crippen molar-refractivity contribution in [2.24, 2.45) is 0 Å². The second-order valence-electron chi connectivity index (χ2n) is 4.93. The summed E-state index contributed by atoms with van der Waals surface area (Å²) in [5.74, 6) is 0. The molecule has 0 heteroatoms. The fraction of sp³-hybridized carbons (Fsp3) is 0. The minimum Gasteiger partial charge on any atom is -0.0623 e. The molecule has 0 amide bonds.